The fraction of sp³-hybridized carbons (Fsp3) is 0.714. The molecule has 2 aromatic rings. The van der Waals surface area contributed by atoms with Gasteiger partial charge in [-0.25, -0.2) is 19.6 Å². The zero-order valence-electron chi connectivity index (χ0n) is 37.6. The standard InChI is InChI=1S/C49H66N2O12/c1-28-10-20-38-30(3)42(56-44-48(38)36(28)22-24-46(5,58-44)60-62-48)54-34-16-12-32(13-17-34)40(52)50-26-8-7-9-27-51-41(53)33-14-18-35(19-15-33)55-43-31(4)39-21-11-29(2)37-23-25-47(6)59-45(57-43)49(37,39)63-61-47/h12-19,28-31,36-39,42-45H,7-11,20-27H2,1-6H3,(H,50,52)(H,51,53)/t28-,29-,30-,31-,36?,37?,38?,39?,42+,43+,44?,45?,46+,47+,48-,49-/m1/s1. The molecule has 2 spiro atoms. The maximum absolute atomic E-state index is 13.0. The molecule has 2 aliphatic carbocycles. The van der Waals surface area contributed by atoms with Crippen molar-refractivity contribution in [1.82, 2.24) is 10.6 Å². The third kappa shape index (κ3) is 7.67. The van der Waals surface area contributed by atoms with E-state index in [1.165, 1.54) is 0 Å². The van der Waals surface area contributed by atoms with E-state index in [0.29, 0.717) is 59.4 Å². The van der Waals surface area contributed by atoms with Crippen molar-refractivity contribution in [3.8, 4) is 11.5 Å². The molecule has 10 aliphatic rings. The highest BCUT2D eigenvalue weighted by Gasteiger charge is 2.71. The minimum absolute atomic E-state index is 0.0439. The highest BCUT2D eigenvalue weighted by atomic mass is 17.3. The molecule has 6 unspecified atom stereocenters. The first kappa shape index (κ1) is 43.5. The Morgan fingerprint density at radius 3 is 1.38 bits per heavy atom. The molecule has 14 heteroatoms. The maximum Gasteiger partial charge on any atom is 0.251 e. The number of hydrogen-bond donors (Lipinski definition) is 2. The second kappa shape index (κ2) is 16.8. The van der Waals surface area contributed by atoms with Crippen molar-refractivity contribution >= 4 is 11.8 Å². The molecule has 8 saturated heterocycles. The molecular formula is C49H66N2O12. The van der Waals surface area contributed by atoms with Crippen LogP contribution in [0, 0.1) is 47.3 Å². The van der Waals surface area contributed by atoms with Crippen LogP contribution in [0.25, 0.3) is 0 Å². The summed E-state index contributed by atoms with van der Waals surface area (Å²) in [4.78, 5) is 50.3. The Morgan fingerprint density at radius 1 is 0.556 bits per heavy atom. The van der Waals surface area contributed by atoms with Gasteiger partial charge in [-0.2, -0.15) is 0 Å². The lowest BCUT2D eigenvalue weighted by Crippen LogP contribution is -2.70. The van der Waals surface area contributed by atoms with Crippen LogP contribution in [0.1, 0.15) is 133 Å². The Kier molecular flexibility index (Phi) is 11.6. The quantitative estimate of drug-likeness (QED) is 0.156. The topological polar surface area (TPSA) is 150 Å². The van der Waals surface area contributed by atoms with Crippen molar-refractivity contribution < 1.29 is 57.6 Å². The van der Waals surface area contributed by atoms with Gasteiger partial charge in [0.25, 0.3) is 11.8 Å². The van der Waals surface area contributed by atoms with E-state index in [-0.39, 0.29) is 35.5 Å². The lowest BCUT2D eigenvalue weighted by molar-refractivity contribution is -0.575. The smallest absolute Gasteiger partial charge is 0.251 e. The summed E-state index contributed by atoms with van der Waals surface area (Å²) in [6.07, 6.45) is 7.92. The summed E-state index contributed by atoms with van der Waals surface area (Å²) in [5, 5.41) is 6.03. The molecule has 63 heavy (non-hydrogen) atoms. The first-order chi connectivity index (χ1) is 30.3. The van der Waals surface area contributed by atoms with Crippen LogP contribution >= 0.6 is 0 Å². The minimum Gasteiger partial charge on any atom is -0.465 e. The Hall–Kier alpha value is -3.34. The zero-order chi connectivity index (χ0) is 43.7. The Labute approximate surface area is 370 Å². The van der Waals surface area contributed by atoms with E-state index in [1.807, 2.05) is 38.1 Å². The molecule has 10 fully saturated rings. The van der Waals surface area contributed by atoms with Gasteiger partial charge in [-0.1, -0.05) is 27.7 Å². The molecule has 2 amide bonds. The second-order valence-electron chi connectivity index (χ2n) is 20.4. The van der Waals surface area contributed by atoms with E-state index in [0.717, 1.165) is 70.6 Å². The van der Waals surface area contributed by atoms with Gasteiger partial charge in [0, 0.05) is 60.7 Å². The van der Waals surface area contributed by atoms with Crippen molar-refractivity contribution in [2.24, 2.45) is 47.3 Å². The fourth-order valence-corrected chi connectivity index (χ4v) is 12.7. The number of unbranched alkanes of at least 4 members (excludes halogenated alkanes) is 2. The molecular weight excluding hydrogens is 809 g/mol. The number of carbonyl (C=O) groups excluding carboxylic acids is 2. The van der Waals surface area contributed by atoms with E-state index >= 15 is 0 Å². The lowest BCUT2D eigenvalue weighted by atomic mass is 9.58. The first-order valence-electron chi connectivity index (χ1n) is 23.8. The van der Waals surface area contributed by atoms with Gasteiger partial charge < -0.3 is 39.1 Å². The van der Waals surface area contributed by atoms with Crippen LogP contribution in [-0.4, -0.2) is 72.8 Å². The predicted octanol–water partition coefficient (Wildman–Crippen LogP) is 8.19. The molecule has 2 N–H and O–H groups in total. The van der Waals surface area contributed by atoms with E-state index in [2.05, 4.69) is 38.3 Å². The minimum atomic E-state index is -0.843. The molecule has 2 saturated carbocycles. The van der Waals surface area contributed by atoms with E-state index in [1.54, 1.807) is 24.3 Å². The van der Waals surface area contributed by atoms with Crippen LogP contribution in [-0.2, 0) is 38.5 Å². The lowest BCUT2D eigenvalue weighted by Gasteiger charge is -2.60. The average molecular weight is 875 g/mol. The van der Waals surface area contributed by atoms with Gasteiger partial charge in [0.2, 0.25) is 24.2 Å². The molecule has 8 heterocycles. The van der Waals surface area contributed by atoms with Gasteiger partial charge in [-0.05, 0) is 144 Å². The average Bonchev–Trinajstić information content (AvgIpc) is 3.65. The number of hydrogen-bond acceptors (Lipinski definition) is 12. The Morgan fingerprint density at radius 2 is 0.968 bits per heavy atom. The normalized spacial score (nSPS) is 43.4. The number of carbonyl (C=O) groups is 2. The molecule has 344 valence electrons. The monoisotopic (exact) mass is 874 g/mol. The Balaban J connectivity index is 0.644. The number of nitrogens with one attached hydrogen (secondary N) is 2. The Bertz CT molecular complexity index is 1850. The summed E-state index contributed by atoms with van der Waals surface area (Å²) in [7, 11) is 0. The molecule has 4 bridgehead atoms. The van der Waals surface area contributed by atoms with Crippen molar-refractivity contribution in [2.45, 2.75) is 160 Å². The van der Waals surface area contributed by atoms with Crippen LogP contribution in [0.2, 0.25) is 0 Å². The van der Waals surface area contributed by atoms with Gasteiger partial charge in [0.15, 0.2) is 23.8 Å². The highest BCUT2D eigenvalue weighted by molar-refractivity contribution is 5.94. The molecule has 2 aromatic carbocycles. The number of benzene rings is 2. The fourth-order valence-electron chi connectivity index (χ4n) is 12.7. The summed E-state index contributed by atoms with van der Waals surface area (Å²) in [6, 6.07) is 14.4. The van der Waals surface area contributed by atoms with Crippen LogP contribution < -0.4 is 20.1 Å². The van der Waals surface area contributed by atoms with Crippen molar-refractivity contribution in [1.29, 1.82) is 0 Å². The second-order valence-corrected chi connectivity index (χ2v) is 20.4. The maximum atomic E-state index is 13.0. The van der Waals surface area contributed by atoms with Gasteiger partial charge >= 0.3 is 0 Å². The van der Waals surface area contributed by atoms with E-state index in [9.17, 15) is 9.59 Å². The molecule has 8 aliphatic heterocycles. The van der Waals surface area contributed by atoms with E-state index < -0.39 is 47.9 Å². The van der Waals surface area contributed by atoms with Gasteiger partial charge in [0.1, 0.15) is 11.5 Å². The third-order valence-corrected chi connectivity index (χ3v) is 16.4. The number of fused-ring (bicyclic) bond motifs is 4. The number of rotatable bonds is 12. The van der Waals surface area contributed by atoms with Gasteiger partial charge in [-0.15, -0.1) is 0 Å². The molecule has 14 nitrogen and oxygen atoms in total. The number of amides is 2. The van der Waals surface area contributed by atoms with Crippen LogP contribution in [0.3, 0.4) is 0 Å². The summed E-state index contributed by atoms with van der Waals surface area (Å²) >= 11 is 0. The SMILES string of the molecule is C[C@@H]1CCC2[C@@H](C)[C@@H](Oc3ccc(C(=O)NCCCCCNC(=O)c4ccc(O[C@H]5OC6O[C@]7(C)CCC8[C@H](C)CCC([C@H]5C)[C@@]68OO7)cc4)cc3)OC3O[C@]4(C)CCC1[C@]32OO4. The molecule has 12 rings (SSSR count). The third-order valence-electron chi connectivity index (χ3n) is 16.4. The predicted molar refractivity (Wildman–Crippen MR) is 226 cm³/mol. The van der Waals surface area contributed by atoms with E-state index in [4.69, 9.17) is 48.0 Å². The van der Waals surface area contributed by atoms with Crippen LogP contribution in [0.5, 0.6) is 11.5 Å². The number of ether oxygens (including phenoxy) is 6. The largest absolute Gasteiger partial charge is 0.465 e. The van der Waals surface area contributed by atoms with Crippen LogP contribution in [0.4, 0.5) is 0 Å². The summed E-state index contributed by atoms with van der Waals surface area (Å²) in [5.41, 5.74) is -0.170. The molecule has 0 radical (unpaired) electrons. The van der Waals surface area contributed by atoms with Crippen molar-refractivity contribution in [2.75, 3.05) is 13.1 Å². The highest BCUT2D eigenvalue weighted by Crippen LogP contribution is 2.62. The molecule has 16 atom stereocenters. The summed E-state index contributed by atoms with van der Waals surface area (Å²) in [6.45, 7) is 13.8. The molecule has 0 aromatic heterocycles. The summed E-state index contributed by atoms with van der Waals surface area (Å²) < 4.78 is 38.9. The van der Waals surface area contributed by atoms with Gasteiger partial charge in [0.05, 0.1) is 0 Å². The summed E-state index contributed by atoms with van der Waals surface area (Å²) in [5.74, 6) is 1.27. The zero-order valence-corrected chi connectivity index (χ0v) is 37.6. The van der Waals surface area contributed by atoms with Crippen LogP contribution in [0.15, 0.2) is 48.5 Å². The van der Waals surface area contributed by atoms with Crippen molar-refractivity contribution in [3.63, 3.8) is 0 Å². The first-order valence-corrected chi connectivity index (χ1v) is 23.8. The van der Waals surface area contributed by atoms with Gasteiger partial charge in [-0.3, -0.25) is 9.59 Å². The van der Waals surface area contributed by atoms with Crippen molar-refractivity contribution in [3.05, 3.63) is 59.7 Å².